The average Bonchev–Trinajstić information content (AvgIpc) is 2.51. The molecule has 3 heteroatoms. The third-order valence-corrected chi connectivity index (χ3v) is 4.11. The third-order valence-electron chi connectivity index (χ3n) is 4.11. The van der Waals surface area contributed by atoms with E-state index in [2.05, 4.69) is 18.7 Å². The first-order valence-electron chi connectivity index (χ1n) is 8.78. The molecule has 0 atom stereocenters. The Morgan fingerprint density at radius 1 is 0.955 bits per heavy atom. The summed E-state index contributed by atoms with van der Waals surface area (Å²) in [6, 6.07) is 5.12. The highest BCUT2D eigenvalue weighted by atomic mass is 19.1. The Balaban J connectivity index is 1.97. The second-order valence-corrected chi connectivity index (χ2v) is 5.93. The highest BCUT2D eigenvalue weighted by Gasteiger charge is 2.03. The topological polar surface area (TPSA) is 12.5 Å². The van der Waals surface area contributed by atoms with Crippen LogP contribution in [0.25, 0.3) is 0 Å². The Labute approximate surface area is 135 Å². The van der Waals surface area contributed by atoms with Crippen LogP contribution in [0.4, 0.5) is 4.39 Å². The maximum atomic E-state index is 13.6. The van der Waals surface area contributed by atoms with Crippen LogP contribution in [0.1, 0.15) is 57.9 Å². The summed E-state index contributed by atoms with van der Waals surface area (Å²) in [7, 11) is 0. The SMILES string of the molecule is CCN(CC)CCCCCCCCOc1ccc(C)cc1F. The Morgan fingerprint density at radius 3 is 2.23 bits per heavy atom. The van der Waals surface area contributed by atoms with E-state index in [1.165, 1.54) is 44.7 Å². The predicted octanol–water partition coefficient (Wildman–Crippen LogP) is 5.20. The summed E-state index contributed by atoms with van der Waals surface area (Å²) < 4.78 is 19.1. The standard InChI is InChI=1S/C19H32FNO/c1-4-21(5-2)14-10-8-6-7-9-11-15-22-19-13-12-17(3)16-18(19)20/h12-13,16H,4-11,14-15H2,1-3H3. The van der Waals surface area contributed by atoms with Crippen molar-refractivity contribution in [3.05, 3.63) is 29.6 Å². The van der Waals surface area contributed by atoms with Gasteiger partial charge in [0.25, 0.3) is 0 Å². The molecule has 0 aliphatic rings. The van der Waals surface area contributed by atoms with E-state index < -0.39 is 0 Å². The maximum absolute atomic E-state index is 13.6. The van der Waals surface area contributed by atoms with Crippen molar-refractivity contribution in [2.24, 2.45) is 0 Å². The van der Waals surface area contributed by atoms with Gasteiger partial charge in [-0.1, -0.05) is 45.6 Å². The number of benzene rings is 1. The van der Waals surface area contributed by atoms with Crippen molar-refractivity contribution in [3.63, 3.8) is 0 Å². The summed E-state index contributed by atoms with van der Waals surface area (Å²) in [6.45, 7) is 10.5. The highest BCUT2D eigenvalue weighted by molar-refractivity contribution is 5.28. The lowest BCUT2D eigenvalue weighted by atomic mass is 10.1. The van der Waals surface area contributed by atoms with Gasteiger partial charge in [-0.2, -0.15) is 0 Å². The molecule has 0 aliphatic heterocycles. The van der Waals surface area contributed by atoms with Gasteiger partial charge in [0.1, 0.15) is 0 Å². The fraction of sp³-hybridized carbons (Fsp3) is 0.684. The number of hydrogen-bond acceptors (Lipinski definition) is 2. The van der Waals surface area contributed by atoms with Crippen LogP contribution in [0.15, 0.2) is 18.2 Å². The van der Waals surface area contributed by atoms with Gasteiger partial charge in [0.05, 0.1) is 6.61 Å². The Morgan fingerprint density at radius 2 is 1.59 bits per heavy atom. The van der Waals surface area contributed by atoms with Crippen molar-refractivity contribution in [2.75, 3.05) is 26.2 Å². The molecule has 2 nitrogen and oxygen atoms in total. The molecule has 0 spiro atoms. The fourth-order valence-corrected chi connectivity index (χ4v) is 2.59. The summed E-state index contributed by atoms with van der Waals surface area (Å²) >= 11 is 0. The predicted molar refractivity (Wildman–Crippen MR) is 92.1 cm³/mol. The first kappa shape index (κ1) is 19.0. The fourth-order valence-electron chi connectivity index (χ4n) is 2.59. The summed E-state index contributed by atoms with van der Waals surface area (Å²) in [6.07, 6.45) is 7.32. The quantitative estimate of drug-likeness (QED) is 0.492. The van der Waals surface area contributed by atoms with Gasteiger partial charge < -0.3 is 9.64 Å². The minimum atomic E-state index is -0.253. The second-order valence-electron chi connectivity index (χ2n) is 5.93. The average molecular weight is 309 g/mol. The Bertz CT molecular complexity index is 404. The molecule has 0 saturated carbocycles. The summed E-state index contributed by atoms with van der Waals surface area (Å²) in [5.74, 6) is 0.126. The van der Waals surface area contributed by atoms with Crippen molar-refractivity contribution in [1.82, 2.24) is 4.90 Å². The van der Waals surface area contributed by atoms with Crippen LogP contribution in [0.2, 0.25) is 0 Å². The summed E-state index contributed by atoms with van der Waals surface area (Å²) in [5.41, 5.74) is 0.926. The van der Waals surface area contributed by atoms with E-state index in [9.17, 15) is 4.39 Å². The molecular weight excluding hydrogens is 277 g/mol. The zero-order valence-electron chi connectivity index (χ0n) is 14.5. The van der Waals surface area contributed by atoms with E-state index >= 15 is 0 Å². The van der Waals surface area contributed by atoms with Gasteiger partial charge >= 0.3 is 0 Å². The maximum Gasteiger partial charge on any atom is 0.165 e. The molecule has 0 aromatic heterocycles. The van der Waals surface area contributed by atoms with Crippen molar-refractivity contribution < 1.29 is 9.13 Å². The number of ether oxygens (including phenoxy) is 1. The Hall–Kier alpha value is -1.09. The van der Waals surface area contributed by atoms with Gasteiger partial charge in [-0.25, -0.2) is 4.39 Å². The molecular formula is C19H32FNO. The molecule has 0 heterocycles. The first-order valence-corrected chi connectivity index (χ1v) is 8.78. The molecule has 0 radical (unpaired) electrons. The van der Waals surface area contributed by atoms with Crippen LogP contribution in [-0.4, -0.2) is 31.1 Å². The zero-order valence-corrected chi connectivity index (χ0v) is 14.5. The lowest BCUT2D eigenvalue weighted by molar-refractivity contribution is 0.286. The number of aryl methyl sites for hydroxylation is 1. The van der Waals surface area contributed by atoms with Gasteiger partial charge in [-0.05, 0) is 57.1 Å². The molecule has 22 heavy (non-hydrogen) atoms. The van der Waals surface area contributed by atoms with E-state index in [-0.39, 0.29) is 5.82 Å². The molecule has 0 bridgehead atoms. The molecule has 0 unspecified atom stereocenters. The number of rotatable bonds is 12. The number of unbranched alkanes of at least 4 members (excludes halogenated alkanes) is 5. The van der Waals surface area contributed by atoms with Gasteiger partial charge in [0.15, 0.2) is 11.6 Å². The largest absolute Gasteiger partial charge is 0.491 e. The van der Waals surface area contributed by atoms with Crippen LogP contribution < -0.4 is 4.74 Å². The monoisotopic (exact) mass is 309 g/mol. The van der Waals surface area contributed by atoms with E-state index in [0.717, 1.165) is 25.1 Å². The van der Waals surface area contributed by atoms with Gasteiger partial charge in [-0.3, -0.25) is 0 Å². The van der Waals surface area contributed by atoms with Crippen molar-refractivity contribution in [3.8, 4) is 5.75 Å². The molecule has 0 fully saturated rings. The molecule has 0 N–H and O–H groups in total. The molecule has 126 valence electrons. The number of nitrogens with zero attached hydrogens (tertiary/aromatic N) is 1. The lowest BCUT2D eigenvalue weighted by Crippen LogP contribution is -2.23. The van der Waals surface area contributed by atoms with Crippen LogP contribution in [0, 0.1) is 12.7 Å². The van der Waals surface area contributed by atoms with Gasteiger partial charge in [0.2, 0.25) is 0 Å². The van der Waals surface area contributed by atoms with E-state index in [1.807, 2.05) is 13.0 Å². The normalized spacial score (nSPS) is 11.1. The first-order chi connectivity index (χ1) is 10.7. The summed E-state index contributed by atoms with van der Waals surface area (Å²) in [4.78, 5) is 2.48. The highest BCUT2D eigenvalue weighted by Crippen LogP contribution is 2.18. The van der Waals surface area contributed by atoms with Crippen molar-refractivity contribution in [2.45, 2.75) is 59.3 Å². The molecule has 1 rings (SSSR count). The molecule has 0 aliphatic carbocycles. The van der Waals surface area contributed by atoms with Crippen LogP contribution in [0.5, 0.6) is 5.75 Å². The van der Waals surface area contributed by atoms with Crippen molar-refractivity contribution in [1.29, 1.82) is 0 Å². The van der Waals surface area contributed by atoms with E-state index in [1.54, 1.807) is 6.07 Å². The van der Waals surface area contributed by atoms with E-state index in [0.29, 0.717) is 12.4 Å². The molecule has 0 saturated heterocycles. The smallest absolute Gasteiger partial charge is 0.165 e. The Kier molecular flexibility index (Phi) is 9.89. The van der Waals surface area contributed by atoms with Crippen LogP contribution in [0.3, 0.4) is 0 Å². The summed E-state index contributed by atoms with van der Waals surface area (Å²) in [5, 5.41) is 0. The van der Waals surface area contributed by atoms with Crippen molar-refractivity contribution >= 4 is 0 Å². The second kappa shape index (κ2) is 11.5. The van der Waals surface area contributed by atoms with Crippen LogP contribution >= 0.6 is 0 Å². The number of hydrogen-bond donors (Lipinski definition) is 0. The number of halogens is 1. The zero-order chi connectivity index (χ0) is 16.2. The van der Waals surface area contributed by atoms with Gasteiger partial charge in [-0.15, -0.1) is 0 Å². The minimum absolute atomic E-state index is 0.253. The van der Waals surface area contributed by atoms with E-state index in [4.69, 9.17) is 4.74 Å². The minimum Gasteiger partial charge on any atom is -0.491 e. The molecule has 0 amide bonds. The molecule has 1 aromatic carbocycles. The van der Waals surface area contributed by atoms with Crippen LogP contribution in [-0.2, 0) is 0 Å². The third kappa shape index (κ3) is 7.79. The van der Waals surface area contributed by atoms with Gasteiger partial charge in [0, 0.05) is 0 Å². The lowest BCUT2D eigenvalue weighted by Gasteiger charge is -2.17. The molecule has 1 aromatic rings.